The fourth-order valence-electron chi connectivity index (χ4n) is 7.47. The summed E-state index contributed by atoms with van der Waals surface area (Å²) in [6.07, 6.45) is 7.23. The molecule has 2 aromatic heterocycles. The summed E-state index contributed by atoms with van der Waals surface area (Å²) >= 11 is 0. The van der Waals surface area contributed by atoms with Crippen molar-refractivity contribution in [2.24, 2.45) is 13.0 Å². The van der Waals surface area contributed by atoms with Crippen LogP contribution in [-0.4, -0.2) is 0 Å². The zero-order valence-electron chi connectivity index (χ0n) is 26.4. The highest BCUT2D eigenvalue weighted by Crippen LogP contribution is 2.49. The maximum absolute atomic E-state index is 9.05. The standard InChI is InChI=1S/C37H42NO/c1-23-11-13-27-29-21-26-12-14-30-34(37(4,5)17-16-36(30,2)3)28(26)22-32(29)39-35(27)33(23)31-20-25(15-18-38(31)6)19-24-9-7-8-10-24/h11-15,18,20-22,24H,7-10,16-17,19H2,1-6H3/q+1/i19D2. The first-order valence-corrected chi connectivity index (χ1v) is 14.8. The van der Waals surface area contributed by atoms with Gasteiger partial charge in [-0.3, -0.25) is 0 Å². The summed E-state index contributed by atoms with van der Waals surface area (Å²) in [5.74, 6) is 0.0822. The number of fused-ring (bicyclic) bond motifs is 6. The minimum absolute atomic E-state index is 0.0822. The van der Waals surface area contributed by atoms with Gasteiger partial charge in [-0.25, -0.2) is 4.57 Å². The molecule has 5 aromatic rings. The van der Waals surface area contributed by atoms with Gasteiger partial charge in [0.15, 0.2) is 6.20 Å². The van der Waals surface area contributed by atoms with Crippen LogP contribution in [0.25, 0.3) is 44.0 Å². The number of rotatable bonds is 3. The average molecular weight is 519 g/mol. The molecule has 1 saturated carbocycles. The molecule has 2 nitrogen and oxygen atoms in total. The fourth-order valence-corrected chi connectivity index (χ4v) is 7.47. The van der Waals surface area contributed by atoms with Crippen LogP contribution in [0, 0.1) is 12.8 Å². The fraction of sp³-hybridized carbons (Fsp3) is 0.432. The summed E-state index contributed by atoms with van der Waals surface area (Å²) in [6, 6.07) is 17.7. The van der Waals surface area contributed by atoms with Crippen molar-refractivity contribution in [2.45, 2.75) is 90.3 Å². The maximum Gasteiger partial charge on any atom is 0.216 e. The van der Waals surface area contributed by atoms with E-state index in [1.54, 1.807) is 0 Å². The number of pyridine rings is 1. The molecule has 2 aliphatic carbocycles. The molecule has 3 aromatic carbocycles. The van der Waals surface area contributed by atoms with Crippen LogP contribution in [-0.2, 0) is 24.3 Å². The zero-order chi connectivity index (χ0) is 28.9. The largest absolute Gasteiger partial charge is 0.455 e. The lowest BCUT2D eigenvalue weighted by atomic mass is 9.62. The SMILES string of the molecule is [2H]C([2H])(c1cc[n+](C)c(-c2c(C)ccc3c2oc2cc4c5c(ccc4cc23)C(C)(C)CCC5(C)C)c1)C1CCCC1. The van der Waals surface area contributed by atoms with Gasteiger partial charge in [-0.15, -0.1) is 0 Å². The van der Waals surface area contributed by atoms with Crippen molar-refractivity contribution >= 4 is 32.7 Å². The smallest absolute Gasteiger partial charge is 0.216 e. The molecule has 0 atom stereocenters. The van der Waals surface area contributed by atoms with Crippen LogP contribution >= 0.6 is 0 Å². The topological polar surface area (TPSA) is 17.0 Å². The Balaban J connectivity index is 1.47. The van der Waals surface area contributed by atoms with Gasteiger partial charge in [0.2, 0.25) is 5.69 Å². The molecule has 0 N–H and O–H groups in total. The molecular formula is C37H42NO+. The highest BCUT2D eigenvalue weighted by Gasteiger charge is 2.38. The predicted octanol–water partition coefficient (Wildman–Crippen LogP) is 9.62. The van der Waals surface area contributed by atoms with Crippen LogP contribution in [0.5, 0.6) is 0 Å². The van der Waals surface area contributed by atoms with E-state index in [-0.39, 0.29) is 16.7 Å². The van der Waals surface area contributed by atoms with Crippen molar-refractivity contribution < 1.29 is 11.7 Å². The van der Waals surface area contributed by atoms with Gasteiger partial charge in [0.05, 0.1) is 5.56 Å². The lowest BCUT2D eigenvalue weighted by Gasteiger charge is -2.42. The predicted molar refractivity (Wildman–Crippen MR) is 164 cm³/mol. The minimum Gasteiger partial charge on any atom is -0.455 e. The van der Waals surface area contributed by atoms with E-state index in [0.717, 1.165) is 70.0 Å². The van der Waals surface area contributed by atoms with Gasteiger partial charge in [0.1, 0.15) is 18.2 Å². The number of hydrogen-bond donors (Lipinski definition) is 0. The van der Waals surface area contributed by atoms with E-state index < -0.39 is 6.37 Å². The summed E-state index contributed by atoms with van der Waals surface area (Å²) in [5.41, 5.74) is 8.97. The van der Waals surface area contributed by atoms with Gasteiger partial charge >= 0.3 is 0 Å². The van der Waals surface area contributed by atoms with Crippen molar-refractivity contribution in [2.75, 3.05) is 0 Å². The molecule has 2 heteroatoms. The molecule has 0 aliphatic heterocycles. The normalized spacial score (nSPS) is 19.9. The Morgan fingerprint density at radius 3 is 2.46 bits per heavy atom. The quantitative estimate of drug-likeness (QED) is 0.217. The highest BCUT2D eigenvalue weighted by molar-refractivity contribution is 6.14. The Morgan fingerprint density at radius 2 is 1.67 bits per heavy atom. The molecular weight excluding hydrogens is 474 g/mol. The van der Waals surface area contributed by atoms with Gasteiger partial charge in [0.25, 0.3) is 0 Å². The molecule has 1 fully saturated rings. The summed E-state index contributed by atoms with van der Waals surface area (Å²) in [5, 5.41) is 4.83. The summed E-state index contributed by atoms with van der Waals surface area (Å²) in [7, 11) is 2.05. The first-order valence-electron chi connectivity index (χ1n) is 15.8. The van der Waals surface area contributed by atoms with Gasteiger partial charge in [-0.1, -0.05) is 77.6 Å². The average Bonchev–Trinajstić information content (AvgIpc) is 3.59. The second-order valence-electron chi connectivity index (χ2n) is 13.6. The number of hydrogen-bond acceptors (Lipinski definition) is 1. The first kappa shape index (κ1) is 22.7. The third kappa shape index (κ3) is 3.93. The molecule has 39 heavy (non-hydrogen) atoms. The zero-order valence-corrected chi connectivity index (χ0v) is 24.4. The summed E-state index contributed by atoms with van der Waals surface area (Å²) in [6.45, 7) is 11.7. The number of nitrogens with zero attached hydrogens (tertiary/aromatic N) is 1. The van der Waals surface area contributed by atoms with Crippen molar-refractivity contribution in [3.63, 3.8) is 0 Å². The van der Waals surface area contributed by atoms with E-state index in [0.29, 0.717) is 0 Å². The van der Waals surface area contributed by atoms with Crippen LogP contribution in [0.15, 0.2) is 59.1 Å². The van der Waals surface area contributed by atoms with Crippen molar-refractivity contribution in [1.82, 2.24) is 0 Å². The number of furan rings is 1. The van der Waals surface area contributed by atoms with Crippen LogP contribution in [0.1, 0.15) is 91.2 Å². The third-order valence-corrected chi connectivity index (χ3v) is 9.90. The van der Waals surface area contributed by atoms with Crippen LogP contribution in [0.4, 0.5) is 0 Å². The van der Waals surface area contributed by atoms with Gasteiger partial charge in [-0.2, -0.15) is 0 Å². The highest BCUT2D eigenvalue weighted by atomic mass is 16.3. The van der Waals surface area contributed by atoms with E-state index in [1.165, 1.54) is 34.7 Å². The second kappa shape index (κ2) is 8.68. The lowest BCUT2D eigenvalue weighted by Crippen LogP contribution is -2.34. The Hall–Kier alpha value is -3.13. The molecule has 0 unspecified atom stereocenters. The minimum atomic E-state index is -1.34. The van der Waals surface area contributed by atoms with E-state index >= 15 is 0 Å². The number of aryl methyl sites for hydroxylation is 2. The van der Waals surface area contributed by atoms with E-state index in [4.69, 9.17) is 7.16 Å². The Bertz CT molecular complexity index is 1850. The molecule has 2 aliphatic rings. The van der Waals surface area contributed by atoms with E-state index in [9.17, 15) is 0 Å². The van der Waals surface area contributed by atoms with Crippen molar-refractivity contribution in [3.05, 3.63) is 77.0 Å². The molecule has 0 spiro atoms. The Labute approximate surface area is 235 Å². The number of aromatic nitrogens is 1. The Morgan fingerprint density at radius 1 is 0.897 bits per heavy atom. The lowest BCUT2D eigenvalue weighted by molar-refractivity contribution is -0.660. The van der Waals surface area contributed by atoms with Crippen LogP contribution in [0.2, 0.25) is 0 Å². The molecule has 0 amide bonds. The third-order valence-electron chi connectivity index (χ3n) is 9.90. The molecule has 200 valence electrons. The summed E-state index contributed by atoms with van der Waals surface area (Å²) < 4.78 is 27.0. The van der Waals surface area contributed by atoms with Crippen molar-refractivity contribution in [3.8, 4) is 11.3 Å². The summed E-state index contributed by atoms with van der Waals surface area (Å²) in [4.78, 5) is 0. The molecule has 0 saturated heterocycles. The second-order valence-corrected chi connectivity index (χ2v) is 13.6. The van der Waals surface area contributed by atoms with Crippen LogP contribution < -0.4 is 4.57 Å². The molecule has 2 heterocycles. The monoisotopic (exact) mass is 518 g/mol. The van der Waals surface area contributed by atoms with Crippen molar-refractivity contribution in [1.29, 1.82) is 0 Å². The number of benzene rings is 3. The maximum atomic E-state index is 9.05. The van der Waals surface area contributed by atoms with Gasteiger partial charge in [0, 0.05) is 25.6 Å². The van der Waals surface area contributed by atoms with Crippen LogP contribution in [0.3, 0.4) is 0 Å². The Kier molecular flexibility index (Phi) is 5.05. The van der Waals surface area contributed by atoms with E-state index in [2.05, 4.69) is 88.7 Å². The molecule has 0 bridgehead atoms. The first-order chi connectivity index (χ1) is 19.4. The van der Waals surface area contributed by atoms with Gasteiger partial charge < -0.3 is 4.42 Å². The van der Waals surface area contributed by atoms with Gasteiger partial charge in [-0.05, 0) is 88.0 Å². The molecule has 0 radical (unpaired) electrons. The molecule has 7 rings (SSSR count). The van der Waals surface area contributed by atoms with E-state index in [1.807, 2.05) is 12.3 Å².